The van der Waals surface area contributed by atoms with E-state index >= 15 is 4.39 Å². The molecule has 3 aliphatic rings. The predicted octanol–water partition coefficient (Wildman–Crippen LogP) is 3.31. The zero-order valence-electron chi connectivity index (χ0n) is 24.3. The van der Waals surface area contributed by atoms with E-state index in [1.807, 2.05) is 19.9 Å². The van der Waals surface area contributed by atoms with Gasteiger partial charge in [0.25, 0.3) is 5.91 Å². The number of hydrogen-bond acceptors (Lipinski definition) is 9. The van der Waals surface area contributed by atoms with Gasteiger partial charge in [-0.15, -0.1) is 0 Å². The number of fused-ring (bicyclic) bond motifs is 2. The summed E-state index contributed by atoms with van der Waals surface area (Å²) in [4.78, 5) is 55.2. The molecule has 2 atom stereocenters. The molecule has 0 spiro atoms. The Morgan fingerprint density at radius 3 is 2.72 bits per heavy atom. The molecule has 6 rings (SSSR count). The lowest BCUT2D eigenvalue weighted by Gasteiger charge is -2.33. The van der Waals surface area contributed by atoms with Crippen LogP contribution in [0, 0.1) is 5.92 Å². The standard InChI is InChI=1S/C30H36FN7O4S/c1-17(2)30(31)9-5-21-19(14-30)13-23-27(34-21)43-28(35-23)26(41)33-22(8-12-37-10-6-20(39)7-11-37)18-3-4-24(32-15-18)38-16-25(40)36-29(38)42/h3-4,13,15,17,20,22,39H,5-12,14,16H2,1-2H3,(H,33,41)(H,36,40,42)/t22?,30-/m0/s1. The molecule has 3 aromatic heterocycles. The van der Waals surface area contributed by atoms with Crippen LogP contribution in [0.1, 0.15) is 72.2 Å². The fourth-order valence-corrected chi connectivity index (χ4v) is 6.86. The van der Waals surface area contributed by atoms with Crippen molar-refractivity contribution in [2.45, 2.75) is 70.2 Å². The quantitative estimate of drug-likeness (QED) is 0.331. The molecule has 13 heteroatoms. The molecule has 0 saturated carbocycles. The van der Waals surface area contributed by atoms with Crippen LogP contribution in [0.15, 0.2) is 24.4 Å². The lowest BCUT2D eigenvalue weighted by atomic mass is 9.77. The van der Waals surface area contributed by atoms with E-state index < -0.39 is 17.7 Å². The highest BCUT2D eigenvalue weighted by Gasteiger charge is 2.38. The maximum atomic E-state index is 15.4. The highest BCUT2D eigenvalue weighted by molar-refractivity contribution is 7.19. The number of carbonyl (C=O) groups is 3. The summed E-state index contributed by atoms with van der Waals surface area (Å²) in [5, 5.41) is 15.5. The lowest BCUT2D eigenvalue weighted by Crippen LogP contribution is -2.38. The van der Waals surface area contributed by atoms with Crippen molar-refractivity contribution in [1.29, 1.82) is 0 Å². The minimum Gasteiger partial charge on any atom is -0.393 e. The molecule has 0 aromatic carbocycles. The molecule has 2 fully saturated rings. The Kier molecular flexibility index (Phi) is 8.14. The highest BCUT2D eigenvalue weighted by atomic mass is 32.1. The molecule has 2 aliphatic heterocycles. The molecule has 0 radical (unpaired) electrons. The van der Waals surface area contributed by atoms with Gasteiger partial charge in [0.05, 0.1) is 12.1 Å². The predicted molar refractivity (Wildman–Crippen MR) is 160 cm³/mol. The van der Waals surface area contributed by atoms with Gasteiger partial charge in [-0.2, -0.15) is 0 Å². The Morgan fingerprint density at radius 1 is 1.26 bits per heavy atom. The monoisotopic (exact) mass is 609 g/mol. The van der Waals surface area contributed by atoms with E-state index in [9.17, 15) is 19.5 Å². The fraction of sp³-hybridized carbons (Fsp3) is 0.533. The second-order valence-electron chi connectivity index (χ2n) is 12.1. The number of aromatic nitrogens is 3. The second kappa shape index (κ2) is 11.9. The van der Waals surface area contributed by atoms with E-state index in [4.69, 9.17) is 4.98 Å². The minimum absolute atomic E-state index is 0.0923. The summed E-state index contributed by atoms with van der Waals surface area (Å²) in [5.74, 6) is -0.477. The molecular formula is C30H36FN7O4S. The zero-order valence-corrected chi connectivity index (χ0v) is 25.1. The summed E-state index contributed by atoms with van der Waals surface area (Å²) in [6, 6.07) is 4.43. The van der Waals surface area contributed by atoms with Crippen LogP contribution in [0.4, 0.5) is 15.0 Å². The third kappa shape index (κ3) is 6.24. The molecule has 11 nitrogen and oxygen atoms in total. The third-order valence-electron chi connectivity index (χ3n) is 8.88. The number of amides is 4. The normalized spacial score (nSPS) is 22.2. The Hall–Kier alpha value is -3.55. The van der Waals surface area contributed by atoms with Crippen LogP contribution in [-0.4, -0.2) is 80.8 Å². The molecular weight excluding hydrogens is 573 g/mol. The number of pyridine rings is 2. The van der Waals surface area contributed by atoms with Crippen molar-refractivity contribution >= 4 is 45.3 Å². The molecule has 1 aliphatic carbocycles. The Morgan fingerprint density at radius 2 is 2.05 bits per heavy atom. The van der Waals surface area contributed by atoms with Gasteiger partial charge >= 0.3 is 6.03 Å². The van der Waals surface area contributed by atoms with E-state index in [0.717, 1.165) is 29.9 Å². The van der Waals surface area contributed by atoms with Gasteiger partial charge in [-0.3, -0.25) is 19.8 Å². The minimum atomic E-state index is -1.27. The number of thiazole rings is 1. The summed E-state index contributed by atoms with van der Waals surface area (Å²) < 4.78 is 15.4. The van der Waals surface area contributed by atoms with E-state index in [1.54, 1.807) is 18.3 Å². The van der Waals surface area contributed by atoms with Crippen LogP contribution < -0.4 is 15.5 Å². The van der Waals surface area contributed by atoms with Crippen LogP contribution in [0.5, 0.6) is 0 Å². The van der Waals surface area contributed by atoms with E-state index in [1.165, 1.54) is 16.2 Å². The first-order valence-corrected chi connectivity index (χ1v) is 15.7. The molecule has 43 heavy (non-hydrogen) atoms. The number of halogens is 1. The second-order valence-corrected chi connectivity index (χ2v) is 13.1. The number of imide groups is 1. The molecule has 3 N–H and O–H groups in total. The summed E-state index contributed by atoms with van der Waals surface area (Å²) >= 11 is 1.22. The summed E-state index contributed by atoms with van der Waals surface area (Å²) in [5.41, 5.74) is 1.81. The third-order valence-corrected chi connectivity index (χ3v) is 9.85. The number of urea groups is 1. The molecule has 5 heterocycles. The number of aliphatic hydroxyl groups excluding tert-OH is 1. The molecule has 4 amide bonds. The average molecular weight is 610 g/mol. The van der Waals surface area contributed by atoms with Crippen LogP contribution in [-0.2, 0) is 17.6 Å². The fourth-order valence-electron chi connectivity index (χ4n) is 6.02. The van der Waals surface area contributed by atoms with Crippen molar-refractivity contribution in [3.63, 3.8) is 0 Å². The molecule has 228 valence electrons. The zero-order chi connectivity index (χ0) is 30.3. The molecule has 3 aromatic rings. The van der Waals surface area contributed by atoms with Gasteiger partial charge in [0.1, 0.15) is 28.4 Å². The van der Waals surface area contributed by atoms with Crippen LogP contribution in [0.25, 0.3) is 10.3 Å². The van der Waals surface area contributed by atoms with E-state index in [0.29, 0.717) is 61.2 Å². The van der Waals surface area contributed by atoms with Gasteiger partial charge in [-0.1, -0.05) is 31.3 Å². The van der Waals surface area contributed by atoms with Gasteiger partial charge in [0.2, 0.25) is 5.91 Å². The molecule has 2 saturated heterocycles. The molecule has 1 unspecified atom stereocenters. The maximum absolute atomic E-state index is 15.4. The smallest absolute Gasteiger partial charge is 0.330 e. The largest absolute Gasteiger partial charge is 0.393 e. The van der Waals surface area contributed by atoms with Crippen LogP contribution in [0.2, 0.25) is 0 Å². The number of likely N-dealkylation sites (tertiary alicyclic amines) is 1. The Labute approximate surface area is 252 Å². The summed E-state index contributed by atoms with van der Waals surface area (Å²) in [6.45, 7) is 5.98. The number of rotatable bonds is 8. The van der Waals surface area contributed by atoms with Crippen LogP contribution in [0.3, 0.4) is 0 Å². The average Bonchev–Trinajstić information content (AvgIpc) is 3.56. The van der Waals surface area contributed by atoms with Gasteiger partial charge in [0.15, 0.2) is 5.01 Å². The summed E-state index contributed by atoms with van der Waals surface area (Å²) in [7, 11) is 0. The van der Waals surface area contributed by atoms with E-state index in [-0.39, 0.29) is 35.4 Å². The van der Waals surface area contributed by atoms with Crippen molar-refractivity contribution < 1.29 is 23.9 Å². The van der Waals surface area contributed by atoms with Gasteiger partial charge in [-0.05, 0) is 61.3 Å². The Balaban J connectivity index is 1.21. The highest BCUT2D eigenvalue weighted by Crippen LogP contribution is 2.38. The van der Waals surface area contributed by atoms with Crippen molar-refractivity contribution in [2.24, 2.45) is 5.92 Å². The maximum Gasteiger partial charge on any atom is 0.330 e. The number of anilines is 1. The first-order valence-electron chi connectivity index (χ1n) is 14.8. The first kappa shape index (κ1) is 29.5. The number of nitrogens with zero attached hydrogens (tertiary/aromatic N) is 5. The number of carbonyl (C=O) groups excluding carboxylic acids is 3. The topological polar surface area (TPSA) is 141 Å². The Bertz CT molecular complexity index is 1540. The number of aliphatic hydroxyl groups is 1. The van der Waals surface area contributed by atoms with Crippen molar-refractivity contribution in [3.05, 3.63) is 46.2 Å². The number of alkyl halides is 1. The van der Waals surface area contributed by atoms with Gasteiger partial charge < -0.3 is 15.3 Å². The number of aryl methyl sites for hydroxylation is 1. The number of hydrogen-bond donors (Lipinski definition) is 3. The first-order chi connectivity index (χ1) is 20.6. The van der Waals surface area contributed by atoms with E-state index in [2.05, 4.69) is 25.5 Å². The SMILES string of the molecule is CC(C)[C@]1(F)CCc2nc3sc(C(=O)NC(CCN4CCC(O)CC4)c4ccc(N5CC(=O)NC5=O)nc4)nc3cc2C1. The van der Waals surface area contributed by atoms with Crippen molar-refractivity contribution in [1.82, 2.24) is 30.5 Å². The van der Waals surface area contributed by atoms with Crippen molar-refractivity contribution in [3.8, 4) is 0 Å². The number of piperidine rings is 1. The lowest BCUT2D eigenvalue weighted by molar-refractivity contribution is -0.117. The molecule has 0 bridgehead atoms. The van der Waals surface area contributed by atoms with Gasteiger partial charge in [-0.25, -0.2) is 24.1 Å². The summed E-state index contributed by atoms with van der Waals surface area (Å²) in [6.07, 6.45) is 4.66. The van der Waals surface area contributed by atoms with Gasteiger partial charge in [0, 0.05) is 37.9 Å². The van der Waals surface area contributed by atoms with Crippen LogP contribution >= 0.6 is 11.3 Å². The number of nitrogens with one attached hydrogen (secondary N) is 2. The van der Waals surface area contributed by atoms with Crippen molar-refractivity contribution in [2.75, 3.05) is 31.1 Å².